The summed E-state index contributed by atoms with van der Waals surface area (Å²) in [5.41, 5.74) is 0.845. The third-order valence-corrected chi connectivity index (χ3v) is 3.29. The first kappa shape index (κ1) is 14.9. The number of hydrogen-bond acceptors (Lipinski definition) is 3. The smallest absolute Gasteiger partial charge is 0.414 e. The lowest BCUT2D eigenvalue weighted by Gasteiger charge is -2.17. The zero-order valence-electron chi connectivity index (χ0n) is 12.1. The van der Waals surface area contributed by atoms with Gasteiger partial charge in [0.25, 0.3) is 0 Å². The number of hydrogen-bond donors (Lipinski definition) is 1. The molecule has 8 heteroatoms. The van der Waals surface area contributed by atoms with Crippen LogP contribution in [0.1, 0.15) is 6.92 Å². The summed E-state index contributed by atoms with van der Waals surface area (Å²) >= 11 is 0. The molecule has 0 saturated carbocycles. The van der Waals surface area contributed by atoms with Crippen molar-refractivity contribution < 1.29 is 18.7 Å². The summed E-state index contributed by atoms with van der Waals surface area (Å²) in [5.74, 6) is -1.53. The van der Waals surface area contributed by atoms with Crippen LogP contribution in [0.3, 0.4) is 0 Å². The summed E-state index contributed by atoms with van der Waals surface area (Å²) in [6.45, 7) is 1.76. The maximum atomic E-state index is 13.6. The standard InChI is InChI=1S/C15H12F2N4O2/c1-2-20(15(22)23)14-19-12-4-3-5-18-13(12)21(14)11-7-9(16)6-10(17)8-11/h3-8H,2H2,1H3,(H,22,23). The summed E-state index contributed by atoms with van der Waals surface area (Å²) in [6, 6.07) is 6.22. The van der Waals surface area contributed by atoms with Crippen LogP contribution in [0.4, 0.5) is 19.5 Å². The number of imidazole rings is 1. The molecule has 0 aliphatic rings. The van der Waals surface area contributed by atoms with Crippen LogP contribution in [-0.2, 0) is 0 Å². The van der Waals surface area contributed by atoms with Crippen LogP contribution in [0.15, 0.2) is 36.5 Å². The van der Waals surface area contributed by atoms with E-state index in [2.05, 4.69) is 9.97 Å². The van der Waals surface area contributed by atoms with Gasteiger partial charge in [-0.05, 0) is 31.2 Å². The van der Waals surface area contributed by atoms with E-state index in [4.69, 9.17) is 0 Å². The molecule has 0 spiro atoms. The van der Waals surface area contributed by atoms with E-state index in [1.807, 2.05) is 0 Å². The quantitative estimate of drug-likeness (QED) is 0.805. The normalized spacial score (nSPS) is 10.9. The van der Waals surface area contributed by atoms with Crippen molar-refractivity contribution in [3.05, 3.63) is 48.2 Å². The Kier molecular flexibility index (Phi) is 3.65. The molecule has 3 rings (SSSR count). The minimum atomic E-state index is -1.22. The van der Waals surface area contributed by atoms with Crippen molar-refractivity contribution in [1.29, 1.82) is 0 Å². The van der Waals surface area contributed by atoms with Gasteiger partial charge in [0.15, 0.2) is 5.65 Å². The van der Waals surface area contributed by atoms with Gasteiger partial charge in [-0.2, -0.15) is 0 Å². The summed E-state index contributed by atoms with van der Waals surface area (Å²) in [7, 11) is 0. The van der Waals surface area contributed by atoms with Gasteiger partial charge in [-0.3, -0.25) is 4.57 Å². The Morgan fingerprint density at radius 3 is 2.61 bits per heavy atom. The van der Waals surface area contributed by atoms with Crippen LogP contribution < -0.4 is 4.90 Å². The van der Waals surface area contributed by atoms with E-state index in [9.17, 15) is 18.7 Å². The molecule has 0 aliphatic carbocycles. The predicted octanol–water partition coefficient (Wildman–Crippen LogP) is 3.20. The molecule has 0 aliphatic heterocycles. The third kappa shape index (κ3) is 2.59. The number of carboxylic acid groups (broad SMARTS) is 1. The number of carbonyl (C=O) groups is 1. The zero-order chi connectivity index (χ0) is 16.6. The summed E-state index contributed by atoms with van der Waals surface area (Å²) in [6.07, 6.45) is 0.276. The van der Waals surface area contributed by atoms with Gasteiger partial charge in [0.2, 0.25) is 5.95 Å². The molecular weight excluding hydrogens is 306 g/mol. The highest BCUT2D eigenvalue weighted by Crippen LogP contribution is 2.26. The predicted molar refractivity (Wildman–Crippen MR) is 79.8 cm³/mol. The maximum Gasteiger partial charge on any atom is 0.414 e. The van der Waals surface area contributed by atoms with Crippen LogP contribution in [0.25, 0.3) is 16.9 Å². The van der Waals surface area contributed by atoms with Crippen LogP contribution in [0.2, 0.25) is 0 Å². The Bertz CT molecular complexity index is 874. The molecule has 0 atom stereocenters. The number of amides is 1. The molecule has 118 valence electrons. The number of rotatable bonds is 3. The topological polar surface area (TPSA) is 71.2 Å². The number of halogens is 2. The SMILES string of the molecule is CCN(C(=O)O)c1nc2cccnc2n1-c1cc(F)cc(F)c1. The number of pyridine rings is 1. The molecule has 0 unspecified atom stereocenters. The molecule has 0 radical (unpaired) electrons. The van der Waals surface area contributed by atoms with Gasteiger partial charge in [0.05, 0.1) is 5.69 Å². The number of aromatic nitrogens is 3. The van der Waals surface area contributed by atoms with Crippen molar-refractivity contribution in [1.82, 2.24) is 14.5 Å². The zero-order valence-corrected chi connectivity index (χ0v) is 12.1. The van der Waals surface area contributed by atoms with E-state index in [1.54, 1.807) is 19.1 Å². The Balaban J connectivity index is 2.34. The summed E-state index contributed by atoms with van der Waals surface area (Å²) in [5, 5.41) is 9.34. The Morgan fingerprint density at radius 1 is 1.30 bits per heavy atom. The monoisotopic (exact) mass is 318 g/mol. The molecule has 23 heavy (non-hydrogen) atoms. The van der Waals surface area contributed by atoms with Crippen molar-refractivity contribution in [3.8, 4) is 5.69 Å². The van der Waals surface area contributed by atoms with Crippen molar-refractivity contribution in [2.24, 2.45) is 0 Å². The van der Waals surface area contributed by atoms with Crippen LogP contribution in [0, 0.1) is 11.6 Å². The molecule has 0 fully saturated rings. The van der Waals surface area contributed by atoms with Crippen molar-refractivity contribution in [3.63, 3.8) is 0 Å². The molecule has 1 aromatic carbocycles. The highest BCUT2D eigenvalue weighted by molar-refractivity contribution is 5.88. The highest BCUT2D eigenvalue weighted by atomic mass is 19.1. The summed E-state index contributed by atoms with van der Waals surface area (Å²) in [4.78, 5) is 20.8. The first-order chi connectivity index (χ1) is 11.0. The van der Waals surface area contributed by atoms with Crippen LogP contribution in [0.5, 0.6) is 0 Å². The lowest BCUT2D eigenvalue weighted by atomic mass is 10.3. The van der Waals surface area contributed by atoms with Crippen LogP contribution >= 0.6 is 0 Å². The van der Waals surface area contributed by atoms with Crippen LogP contribution in [-0.4, -0.2) is 32.3 Å². The molecule has 0 saturated heterocycles. The van der Waals surface area contributed by atoms with Crippen molar-refractivity contribution >= 4 is 23.2 Å². The fraction of sp³-hybridized carbons (Fsp3) is 0.133. The minimum absolute atomic E-state index is 0.0266. The average Bonchev–Trinajstić information content (AvgIpc) is 2.85. The van der Waals surface area contributed by atoms with Gasteiger partial charge < -0.3 is 5.11 Å². The van der Waals surface area contributed by atoms with Gasteiger partial charge in [0, 0.05) is 18.8 Å². The molecule has 1 amide bonds. The number of benzene rings is 1. The van der Waals surface area contributed by atoms with Gasteiger partial charge in [0.1, 0.15) is 17.2 Å². The van der Waals surface area contributed by atoms with E-state index in [0.29, 0.717) is 11.2 Å². The largest absolute Gasteiger partial charge is 0.465 e. The average molecular weight is 318 g/mol. The number of fused-ring (bicyclic) bond motifs is 1. The summed E-state index contributed by atoms with van der Waals surface area (Å²) < 4.78 is 28.5. The Morgan fingerprint density at radius 2 is 2.00 bits per heavy atom. The fourth-order valence-electron chi connectivity index (χ4n) is 2.35. The van der Waals surface area contributed by atoms with E-state index in [1.165, 1.54) is 10.8 Å². The molecular formula is C15H12F2N4O2. The van der Waals surface area contributed by atoms with E-state index >= 15 is 0 Å². The molecule has 0 bridgehead atoms. The van der Waals surface area contributed by atoms with Crippen molar-refractivity contribution in [2.45, 2.75) is 6.92 Å². The van der Waals surface area contributed by atoms with E-state index in [-0.39, 0.29) is 18.2 Å². The molecule has 6 nitrogen and oxygen atoms in total. The highest BCUT2D eigenvalue weighted by Gasteiger charge is 2.23. The lowest BCUT2D eigenvalue weighted by molar-refractivity contribution is 0.201. The Labute approximate surface area is 129 Å². The fourth-order valence-corrected chi connectivity index (χ4v) is 2.35. The van der Waals surface area contributed by atoms with Crippen molar-refractivity contribution in [2.75, 3.05) is 11.4 Å². The second kappa shape index (κ2) is 5.64. The first-order valence-electron chi connectivity index (χ1n) is 6.81. The van der Waals surface area contributed by atoms with Gasteiger partial charge in [-0.15, -0.1) is 0 Å². The van der Waals surface area contributed by atoms with Gasteiger partial charge >= 0.3 is 6.09 Å². The molecule has 3 aromatic rings. The number of anilines is 1. The maximum absolute atomic E-state index is 13.6. The van der Waals surface area contributed by atoms with Gasteiger partial charge in [-0.25, -0.2) is 28.4 Å². The first-order valence-corrected chi connectivity index (χ1v) is 6.81. The van der Waals surface area contributed by atoms with E-state index in [0.717, 1.165) is 23.1 Å². The number of nitrogens with zero attached hydrogens (tertiary/aromatic N) is 4. The van der Waals surface area contributed by atoms with Gasteiger partial charge in [-0.1, -0.05) is 0 Å². The minimum Gasteiger partial charge on any atom is -0.465 e. The Hall–Kier alpha value is -3.03. The molecule has 2 aromatic heterocycles. The molecule has 2 heterocycles. The second-order valence-electron chi connectivity index (χ2n) is 4.75. The third-order valence-electron chi connectivity index (χ3n) is 3.29. The second-order valence-corrected chi connectivity index (χ2v) is 4.75. The molecule has 1 N–H and O–H groups in total. The lowest BCUT2D eigenvalue weighted by Crippen LogP contribution is -2.31. The van der Waals surface area contributed by atoms with E-state index < -0.39 is 17.7 Å².